The molecule has 0 atom stereocenters. The SMILES string of the molecule is N#Cc1ccc(Cc2cccc(-c3ccccc3)c2)cc1. The lowest BCUT2D eigenvalue weighted by Crippen LogP contribution is -1.89. The Labute approximate surface area is 125 Å². The first-order valence-electron chi connectivity index (χ1n) is 6.98. The molecule has 0 bridgehead atoms. The van der Waals surface area contributed by atoms with Crippen LogP contribution in [0, 0.1) is 11.3 Å². The van der Waals surface area contributed by atoms with Gasteiger partial charge in [0.1, 0.15) is 0 Å². The molecule has 3 aromatic rings. The number of nitrogens with zero attached hydrogens (tertiary/aromatic N) is 1. The molecule has 3 aromatic carbocycles. The average molecular weight is 269 g/mol. The van der Waals surface area contributed by atoms with Crippen LogP contribution in [-0.4, -0.2) is 0 Å². The molecule has 0 aliphatic heterocycles. The van der Waals surface area contributed by atoms with Crippen LogP contribution < -0.4 is 0 Å². The number of hydrogen-bond donors (Lipinski definition) is 0. The molecule has 0 aromatic heterocycles. The van der Waals surface area contributed by atoms with Crippen molar-refractivity contribution in [1.29, 1.82) is 5.26 Å². The Morgan fingerprint density at radius 3 is 2.10 bits per heavy atom. The Balaban J connectivity index is 1.85. The fourth-order valence-electron chi connectivity index (χ4n) is 2.42. The number of hydrogen-bond acceptors (Lipinski definition) is 1. The molecular formula is C20H15N. The molecule has 0 fully saturated rings. The van der Waals surface area contributed by atoms with Gasteiger partial charge in [0.25, 0.3) is 0 Å². The second kappa shape index (κ2) is 6.07. The number of rotatable bonds is 3. The van der Waals surface area contributed by atoms with Crippen LogP contribution in [0.4, 0.5) is 0 Å². The topological polar surface area (TPSA) is 23.8 Å². The first kappa shape index (κ1) is 13.1. The zero-order valence-electron chi connectivity index (χ0n) is 11.7. The maximum atomic E-state index is 8.83. The van der Waals surface area contributed by atoms with Crippen molar-refractivity contribution < 1.29 is 0 Å². The molecule has 21 heavy (non-hydrogen) atoms. The fraction of sp³-hybridized carbons (Fsp3) is 0.0500. The van der Waals surface area contributed by atoms with Crippen LogP contribution in [0.25, 0.3) is 11.1 Å². The van der Waals surface area contributed by atoms with Gasteiger partial charge in [-0.15, -0.1) is 0 Å². The van der Waals surface area contributed by atoms with Crippen molar-refractivity contribution in [3.63, 3.8) is 0 Å². The van der Waals surface area contributed by atoms with Crippen LogP contribution in [-0.2, 0) is 6.42 Å². The highest BCUT2D eigenvalue weighted by Crippen LogP contribution is 2.21. The highest BCUT2D eigenvalue weighted by Gasteiger charge is 2.01. The zero-order valence-corrected chi connectivity index (χ0v) is 11.7. The van der Waals surface area contributed by atoms with E-state index in [4.69, 9.17) is 5.26 Å². The molecule has 3 rings (SSSR count). The van der Waals surface area contributed by atoms with Gasteiger partial charge in [-0.25, -0.2) is 0 Å². The number of nitriles is 1. The minimum absolute atomic E-state index is 0.705. The van der Waals surface area contributed by atoms with Gasteiger partial charge < -0.3 is 0 Å². The van der Waals surface area contributed by atoms with Crippen LogP contribution >= 0.6 is 0 Å². The Morgan fingerprint density at radius 1 is 0.667 bits per heavy atom. The lowest BCUT2D eigenvalue weighted by molar-refractivity contribution is 1.19. The van der Waals surface area contributed by atoms with E-state index in [2.05, 4.69) is 54.6 Å². The van der Waals surface area contributed by atoms with Gasteiger partial charge in [0, 0.05) is 0 Å². The smallest absolute Gasteiger partial charge is 0.0991 e. The Morgan fingerprint density at radius 2 is 1.38 bits per heavy atom. The van der Waals surface area contributed by atoms with E-state index in [0.717, 1.165) is 6.42 Å². The van der Waals surface area contributed by atoms with E-state index in [9.17, 15) is 0 Å². The van der Waals surface area contributed by atoms with Crippen LogP contribution in [0.3, 0.4) is 0 Å². The maximum Gasteiger partial charge on any atom is 0.0991 e. The van der Waals surface area contributed by atoms with Gasteiger partial charge in [-0.05, 0) is 40.8 Å². The third-order valence-corrected chi connectivity index (χ3v) is 3.53. The maximum absolute atomic E-state index is 8.83. The van der Waals surface area contributed by atoms with E-state index < -0.39 is 0 Å². The highest BCUT2D eigenvalue weighted by molar-refractivity contribution is 5.64. The molecule has 0 spiro atoms. The van der Waals surface area contributed by atoms with E-state index in [1.807, 2.05) is 30.3 Å². The molecule has 0 saturated carbocycles. The molecule has 0 amide bonds. The molecule has 100 valence electrons. The molecule has 0 saturated heterocycles. The normalized spacial score (nSPS) is 10.0. The van der Waals surface area contributed by atoms with Crippen molar-refractivity contribution in [2.24, 2.45) is 0 Å². The largest absolute Gasteiger partial charge is 0.192 e. The Bertz CT molecular complexity index is 765. The van der Waals surface area contributed by atoms with E-state index in [1.165, 1.54) is 22.3 Å². The number of benzene rings is 3. The quantitative estimate of drug-likeness (QED) is 0.669. The summed E-state index contributed by atoms with van der Waals surface area (Å²) in [5.41, 5.74) is 5.68. The summed E-state index contributed by atoms with van der Waals surface area (Å²) in [6.07, 6.45) is 0.881. The molecule has 0 radical (unpaired) electrons. The first-order valence-corrected chi connectivity index (χ1v) is 6.98. The zero-order chi connectivity index (χ0) is 14.5. The minimum Gasteiger partial charge on any atom is -0.192 e. The van der Waals surface area contributed by atoms with Gasteiger partial charge >= 0.3 is 0 Å². The molecule has 1 nitrogen and oxygen atoms in total. The summed E-state index contributed by atoms with van der Waals surface area (Å²) in [5, 5.41) is 8.83. The van der Waals surface area contributed by atoms with Crippen molar-refractivity contribution in [2.45, 2.75) is 6.42 Å². The van der Waals surface area contributed by atoms with Crippen molar-refractivity contribution in [3.8, 4) is 17.2 Å². The molecule has 0 heterocycles. The second-order valence-electron chi connectivity index (χ2n) is 5.05. The summed E-state index contributed by atoms with van der Waals surface area (Å²) in [4.78, 5) is 0. The summed E-state index contributed by atoms with van der Waals surface area (Å²) >= 11 is 0. The Hall–Kier alpha value is -2.85. The van der Waals surface area contributed by atoms with E-state index in [0.29, 0.717) is 5.56 Å². The van der Waals surface area contributed by atoms with E-state index in [1.54, 1.807) is 0 Å². The van der Waals surface area contributed by atoms with Gasteiger partial charge in [-0.2, -0.15) is 5.26 Å². The van der Waals surface area contributed by atoms with Crippen molar-refractivity contribution in [3.05, 3.63) is 95.6 Å². The highest BCUT2D eigenvalue weighted by atomic mass is 14.2. The third kappa shape index (κ3) is 3.19. The van der Waals surface area contributed by atoms with Gasteiger partial charge in [-0.3, -0.25) is 0 Å². The van der Waals surface area contributed by atoms with Crippen LogP contribution in [0.2, 0.25) is 0 Å². The molecular weight excluding hydrogens is 254 g/mol. The van der Waals surface area contributed by atoms with Crippen molar-refractivity contribution >= 4 is 0 Å². The third-order valence-electron chi connectivity index (χ3n) is 3.53. The molecule has 0 aliphatic rings. The molecule has 0 aliphatic carbocycles. The summed E-state index contributed by atoms with van der Waals surface area (Å²) in [6, 6.07) is 28.9. The van der Waals surface area contributed by atoms with Crippen molar-refractivity contribution in [1.82, 2.24) is 0 Å². The lowest BCUT2D eigenvalue weighted by Gasteiger charge is -2.06. The average Bonchev–Trinajstić information content (AvgIpc) is 2.57. The Kier molecular flexibility index (Phi) is 3.80. The fourth-order valence-corrected chi connectivity index (χ4v) is 2.42. The molecule has 0 N–H and O–H groups in total. The van der Waals surface area contributed by atoms with Crippen LogP contribution in [0.15, 0.2) is 78.9 Å². The first-order chi connectivity index (χ1) is 10.3. The molecule has 1 heteroatoms. The predicted octanol–water partition coefficient (Wildman–Crippen LogP) is 4.82. The van der Waals surface area contributed by atoms with Gasteiger partial charge in [0.2, 0.25) is 0 Å². The standard InChI is InChI=1S/C20H15N/c21-15-17-11-9-16(10-12-17)13-18-5-4-8-20(14-18)19-6-2-1-3-7-19/h1-12,14H,13H2. The van der Waals surface area contributed by atoms with E-state index in [-0.39, 0.29) is 0 Å². The molecule has 0 unspecified atom stereocenters. The van der Waals surface area contributed by atoms with Gasteiger partial charge in [-0.1, -0.05) is 66.7 Å². The van der Waals surface area contributed by atoms with Gasteiger partial charge in [0.05, 0.1) is 11.6 Å². The lowest BCUT2D eigenvalue weighted by atomic mass is 9.99. The summed E-state index contributed by atoms with van der Waals surface area (Å²) < 4.78 is 0. The monoisotopic (exact) mass is 269 g/mol. The second-order valence-corrected chi connectivity index (χ2v) is 5.05. The van der Waals surface area contributed by atoms with Gasteiger partial charge in [0.15, 0.2) is 0 Å². The summed E-state index contributed by atoms with van der Waals surface area (Å²) in [7, 11) is 0. The minimum atomic E-state index is 0.705. The van der Waals surface area contributed by atoms with E-state index >= 15 is 0 Å². The predicted molar refractivity (Wildman–Crippen MR) is 85.8 cm³/mol. The van der Waals surface area contributed by atoms with Crippen LogP contribution in [0.1, 0.15) is 16.7 Å². The van der Waals surface area contributed by atoms with Crippen molar-refractivity contribution in [2.75, 3.05) is 0 Å². The summed E-state index contributed by atoms with van der Waals surface area (Å²) in [6.45, 7) is 0. The summed E-state index contributed by atoms with van der Waals surface area (Å²) in [5.74, 6) is 0. The van der Waals surface area contributed by atoms with Crippen LogP contribution in [0.5, 0.6) is 0 Å².